The molecule has 44 heavy (non-hydrogen) atoms. The second kappa shape index (κ2) is 13.5. The van der Waals surface area contributed by atoms with Crippen molar-refractivity contribution < 1.29 is 32.9 Å². The first-order valence-electron chi connectivity index (χ1n) is 13.9. The Labute approximate surface area is 258 Å². The lowest BCUT2D eigenvalue weighted by atomic mass is 10.0. The molecular formula is C31H32ClF2N5O5. The van der Waals surface area contributed by atoms with E-state index in [1.54, 1.807) is 20.3 Å². The predicted octanol–water partition coefficient (Wildman–Crippen LogP) is 5.39. The lowest BCUT2D eigenvalue weighted by Crippen LogP contribution is -2.48. The van der Waals surface area contributed by atoms with Gasteiger partial charge in [0.15, 0.2) is 5.82 Å². The standard InChI is InChI=1S/C31H32ClF2N5O5/c1-42-19-8-7-18(24(15-19)44-3)17-35-10-9-25-36-29-20(30(37-25)38-11-13-39(14-12-38)31(40)41)16-21(32)26(28(29)34)27-22(33)5-4-6-23(27)43-2/h4-8,15-16,35H,9-14,17H2,1-3H3,(H,40,41). The zero-order chi connectivity index (χ0) is 31.4. The summed E-state index contributed by atoms with van der Waals surface area (Å²) < 4.78 is 47.5. The Morgan fingerprint density at radius 2 is 1.73 bits per heavy atom. The predicted molar refractivity (Wildman–Crippen MR) is 163 cm³/mol. The van der Waals surface area contributed by atoms with Crippen LogP contribution in [0.1, 0.15) is 11.4 Å². The molecule has 0 radical (unpaired) electrons. The van der Waals surface area contributed by atoms with E-state index in [1.807, 2.05) is 17.0 Å². The van der Waals surface area contributed by atoms with E-state index < -0.39 is 17.7 Å². The van der Waals surface area contributed by atoms with Gasteiger partial charge >= 0.3 is 6.09 Å². The number of anilines is 1. The molecule has 1 amide bonds. The van der Waals surface area contributed by atoms with Crippen LogP contribution in [0.2, 0.25) is 5.02 Å². The van der Waals surface area contributed by atoms with Gasteiger partial charge in [0.2, 0.25) is 0 Å². The molecule has 0 aliphatic carbocycles. The van der Waals surface area contributed by atoms with Crippen molar-refractivity contribution in [3.05, 3.63) is 70.5 Å². The zero-order valence-corrected chi connectivity index (χ0v) is 25.3. The van der Waals surface area contributed by atoms with Crippen LogP contribution in [0.5, 0.6) is 17.2 Å². The van der Waals surface area contributed by atoms with E-state index in [-0.39, 0.29) is 40.5 Å². The van der Waals surface area contributed by atoms with Gasteiger partial charge in [0, 0.05) is 68.3 Å². The van der Waals surface area contributed by atoms with Gasteiger partial charge in [-0.3, -0.25) is 0 Å². The van der Waals surface area contributed by atoms with Crippen molar-refractivity contribution >= 4 is 34.4 Å². The third kappa shape index (κ3) is 6.27. The maximum atomic E-state index is 16.4. The number of rotatable bonds is 10. The number of hydrogen-bond donors (Lipinski definition) is 2. The number of hydrogen-bond acceptors (Lipinski definition) is 8. The third-order valence-corrected chi connectivity index (χ3v) is 7.84. The van der Waals surface area contributed by atoms with Crippen molar-refractivity contribution in [1.82, 2.24) is 20.2 Å². The maximum Gasteiger partial charge on any atom is 0.407 e. The first kappa shape index (κ1) is 31.0. The fourth-order valence-corrected chi connectivity index (χ4v) is 5.54. The van der Waals surface area contributed by atoms with Crippen molar-refractivity contribution in [2.45, 2.75) is 13.0 Å². The maximum absolute atomic E-state index is 16.4. The molecule has 1 aliphatic heterocycles. The van der Waals surface area contributed by atoms with Crippen molar-refractivity contribution in [2.75, 3.05) is 59.0 Å². The van der Waals surface area contributed by atoms with Gasteiger partial charge in [-0.05, 0) is 24.3 Å². The largest absolute Gasteiger partial charge is 0.497 e. The molecule has 3 aromatic carbocycles. The normalized spacial score (nSPS) is 13.3. The second-order valence-corrected chi connectivity index (χ2v) is 10.5. The van der Waals surface area contributed by atoms with Crippen molar-refractivity contribution in [3.8, 4) is 28.4 Å². The number of carbonyl (C=O) groups is 1. The van der Waals surface area contributed by atoms with Crippen LogP contribution >= 0.6 is 11.6 Å². The molecule has 0 unspecified atom stereocenters. The molecule has 2 N–H and O–H groups in total. The van der Waals surface area contributed by atoms with E-state index in [4.69, 9.17) is 30.8 Å². The quantitative estimate of drug-likeness (QED) is 0.224. The molecule has 0 atom stereocenters. The molecule has 1 saturated heterocycles. The van der Waals surface area contributed by atoms with E-state index >= 15 is 8.78 Å². The van der Waals surface area contributed by atoms with Crippen LogP contribution in [0.4, 0.5) is 19.4 Å². The summed E-state index contributed by atoms with van der Waals surface area (Å²) in [6.07, 6.45) is -0.660. The molecular weight excluding hydrogens is 596 g/mol. The second-order valence-electron chi connectivity index (χ2n) is 10.1. The summed E-state index contributed by atoms with van der Waals surface area (Å²) in [5.41, 5.74) is 0.637. The number of ether oxygens (including phenoxy) is 3. The lowest BCUT2D eigenvalue weighted by molar-refractivity contribution is 0.142. The molecule has 0 saturated carbocycles. The van der Waals surface area contributed by atoms with E-state index in [0.717, 1.165) is 5.56 Å². The first-order chi connectivity index (χ1) is 21.2. The summed E-state index contributed by atoms with van der Waals surface area (Å²) >= 11 is 6.61. The van der Waals surface area contributed by atoms with Crippen LogP contribution in [0, 0.1) is 11.6 Å². The molecule has 2 heterocycles. The summed E-state index contributed by atoms with van der Waals surface area (Å²) in [4.78, 5) is 24.0. The number of benzene rings is 3. The fourth-order valence-electron chi connectivity index (χ4n) is 5.25. The summed E-state index contributed by atoms with van der Waals surface area (Å²) in [6.45, 7) is 2.14. The molecule has 1 fully saturated rings. The molecule has 232 valence electrons. The SMILES string of the molecule is COc1ccc(CNCCc2nc(N3CCN(C(=O)O)CC3)c3cc(Cl)c(-c4c(F)cccc4OC)c(F)c3n2)c(OC)c1. The Morgan fingerprint density at radius 1 is 0.977 bits per heavy atom. The van der Waals surface area contributed by atoms with Crippen molar-refractivity contribution in [3.63, 3.8) is 0 Å². The van der Waals surface area contributed by atoms with Crippen LogP contribution < -0.4 is 24.4 Å². The number of halogens is 3. The van der Waals surface area contributed by atoms with E-state index in [9.17, 15) is 9.90 Å². The van der Waals surface area contributed by atoms with Crippen LogP contribution in [-0.2, 0) is 13.0 Å². The van der Waals surface area contributed by atoms with E-state index in [0.29, 0.717) is 61.1 Å². The van der Waals surface area contributed by atoms with Gasteiger partial charge in [-0.2, -0.15) is 0 Å². The number of fused-ring (bicyclic) bond motifs is 1. The number of carboxylic acid groups (broad SMARTS) is 1. The summed E-state index contributed by atoms with van der Waals surface area (Å²) in [7, 11) is 4.54. The highest BCUT2D eigenvalue weighted by Gasteiger charge is 2.27. The zero-order valence-electron chi connectivity index (χ0n) is 24.5. The van der Waals surface area contributed by atoms with Gasteiger partial charge in [-0.1, -0.05) is 23.7 Å². The average Bonchev–Trinajstić information content (AvgIpc) is 3.03. The molecule has 4 aromatic rings. The van der Waals surface area contributed by atoms with Crippen LogP contribution in [0.25, 0.3) is 22.0 Å². The van der Waals surface area contributed by atoms with Crippen LogP contribution in [0.15, 0.2) is 42.5 Å². The van der Waals surface area contributed by atoms with Crippen molar-refractivity contribution in [1.29, 1.82) is 0 Å². The number of methoxy groups -OCH3 is 3. The molecule has 0 spiro atoms. The van der Waals surface area contributed by atoms with Crippen LogP contribution in [-0.4, -0.2) is 80.1 Å². The highest BCUT2D eigenvalue weighted by atomic mass is 35.5. The highest BCUT2D eigenvalue weighted by molar-refractivity contribution is 6.34. The average molecular weight is 628 g/mol. The molecule has 5 rings (SSSR count). The van der Waals surface area contributed by atoms with Crippen molar-refractivity contribution in [2.24, 2.45) is 0 Å². The Morgan fingerprint density at radius 3 is 2.41 bits per heavy atom. The topological polar surface area (TPSA) is 109 Å². The summed E-state index contributed by atoms with van der Waals surface area (Å²) in [6, 6.07) is 11.3. The Hall–Kier alpha value is -4.42. The highest BCUT2D eigenvalue weighted by Crippen LogP contribution is 2.42. The summed E-state index contributed by atoms with van der Waals surface area (Å²) in [5.74, 6) is 0.776. The smallest absolute Gasteiger partial charge is 0.407 e. The number of amides is 1. The van der Waals surface area contributed by atoms with E-state index in [1.165, 1.54) is 36.3 Å². The number of nitrogens with one attached hydrogen (secondary N) is 1. The Kier molecular flexibility index (Phi) is 9.50. The monoisotopic (exact) mass is 627 g/mol. The first-order valence-corrected chi connectivity index (χ1v) is 14.3. The Balaban J connectivity index is 1.50. The van der Waals surface area contributed by atoms with Gasteiger partial charge in [-0.25, -0.2) is 23.5 Å². The van der Waals surface area contributed by atoms with Gasteiger partial charge < -0.3 is 34.4 Å². The number of piperazine rings is 1. The molecule has 1 aliphatic rings. The third-order valence-electron chi connectivity index (χ3n) is 7.54. The van der Waals surface area contributed by atoms with Crippen LogP contribution in [0.3, 0.4) is 0 Å². The number of nitrogens with zero attached hydrogens (tertiary/aromatic N) is 4. The minimum absolute atomic E-state index is 0.0211. The molecule has 1 aromatic heterocycles. The molecule has 10 nitrogen and oxygen atoms in total. The minimum Gasteiger partial charge on any atom is -0.497 e. The lowest BCUT2D eigenvalue weighted by Gasteiger charge is -2.34. The fraction of sp³-hybridized carbons (Fsp3) is 0.323. The molecule has 13 heteroatoms. The Bertz CT molecular complexity index is 1680. The number of aromatic nitrogens is 2. The summed E-state index contributed by atoms with van der Waals surface area (Å²) in [5, 5.41) is 13.1. The van der Waals surface area contributed by atoms with E-state index in [2.05, 4.69) is 10.3 Å². The van der Waals surface area contributed by atoms with Gasteiger partial charge in [-0.15, -0.1) is 0 Å². The molecule has 0 bridgehead atoms. The van der Waals surface area contributed by atoms with Gasteiger partial charge in [0.1, 0.15) is 40.2 Å². The minimum atomic E-state index is -1.00. The van der Waals surface area contributed by atoms with Gasteiger partial charge in [0.05, 0.1) is 31.9 Å². The van der Waals surface area contributed by atoms with Gasteiger partial charge in [0.25, 0.3) is 0 Å².